The van der Waals surface area contributed by atoms with Crippen LogP contribution in [0.1, 0.15) is 11.3 Å². The van der Waals surface area contributed by atoms with Gasteiger partial charge in [0, 0.05) is 10.6 Å². The van der Waals surface area contributed by atoms with E-state index in [-0.39, 0.29) is 11.6 Å². The fourth-order valence-electron chi connectivity index (χ4n) is 1.96. The first-order valence-electron chi connectivity index (χ1n) is 6.16. The Morgan fingerprint density at radius 1 is 1.38 bits per heavy atom. The van der Waals surface area contributed by atoms with Crippen molar-refractivity contribution in [2.75, 3.05) is 7.11 Å². The zero-order chi connectivity index (χ0) is 14.8. The lowest BCUT2D eigenvalue weighted by Gasteiger charge is -2.04. The van der Waals surface area contributed by atoms with Crippen molar-refractivity contribution in [3.8, 4) is 5.75 Å². The zero-order valence-corrected chi connectivity index (χ0v) is 11.8. The maximum Gasteiger partial charge on any atom is 0.275 e. The van der Waals surface area contributed by atoms with E-state index >= 15 is 0 Å². The largest absolute Gasteiger partial charge is 0.496 e. The average Bonchev–Trinajstić information content (AvgIpc) is 3.10. The third-order valence-corrected chi connectivity index (χ3v) is 3.17. The molecule has 0 spiro atoms. The molecule has 0 radical (unpaired) electrons. The van der Waals surface area contributed by atoms with Crippen molar-refractivity contribution in [3.63, 3.8) is 0 Å². The van der Waals surface area contributed by atoms with E-state index in [9.17, 15) is 4.79 Å². The average molecular weight is 303 g/mol. The monoisotopic (exact) mass is 302 g/mol. The van der Waals surface area contributed by atoms with E-state index in [1.54, 1.807) is 43.5 Å². The van der Waals surface area contributed by atoms with E-state index in [1.165, 1.54) is 6.26 Å². The molecule has 0 atom stereocenters. The Morgan fingerprint density at radius 3 is 2.95 bits per heavy atom. The summed E-state index contributed by atoms with van der Waals surface area (Å²) < 4.78 is 10.5. The van der Waals surface area contributed by atoms with Gasteiger partial charge in [-0.25, -0.2) is 4.99 Å². The number of rotatable bonds is 3. The van der Waals surface area contributed by atoms with Crippen LogP contribution in [0.15, 0.2) is 51.7 Å². The van der Waals surface area contributed by atoms with Crippen molar-refractivity contribution >= 4 is 29.4 Å². The molecule has 0 aliphatic carbocycles. The number of amides is 1. The van der Waals surface area contributed by atoms with Crippen molar-refractivity contribution in [2.24, 2.45) is 4.99 Å². The first kappa shape index (κ1) is 13.5. The topological polar surface area (TPSA) is 63.8 Å². The second-order valence-corrected chi connectivity index (χ2v) is 4.74. The Labute approximate surface area is 125 Å². The molecular formula is C15H11ClN2O3. The molecule has 21 heavy (non-hydrogen) atoms. The van der Waals surface area contributed by atoms with E-state index in [0.717, 1.165) is 0 Å². The number of nitrogens with one attached hydrogen (secondary N) is 1. The standard InChI is InChI=1S/C15H11ClN2O3/c1-20-12-5-4-10(16)7-9(12)8-11-15(19)18-14(17-11)13-3-2-6-21-13/h2-8H,1H3,(H,17,18,19)/b11-8+. The Balaban J connectivity index is 2.00. The predicted octanol–water partition coefficient (Wildman–Crippen LogP) is 2.86. The van der Waals surface area contributed by atoms with Crippen molar-refractivity contribution < 1.29 is 13.9 Å². The van der Waals surface area contributed by atoms with E-state index in [2.05, 4.69) is 10.3 Å². The van der Waals surface area contributed by atoms with Gasteiger partial charge in [0.15, 0.2) is 11.6 Å². The number of nitrogens with zero attached hydrogens (tertiary/aromatic N) is 1. The maximum absolute atomic E-state index is 12.0. The molecule has 0 unspecified atom stereocenters. The number of amidine groups is 1. The van der Waals surface area contributed by atoms with Crippen LogP contribution in [0.3, 0.4) is 0 Å². The van der Waals surface area contributed by atoms with Crippen LogP contribution >= 0.6 is 11.6 Å². The number of ether oxygens (including phenoxy) is 1. The van der Waals surface area contributed by atoms with Crippen LogP contribution in [-0.2, 0) is 4.79 Å². The van der Waals surface area contributed by atoms with Gasteiger partial charge in [0.2, 0.25) is 0 Å². The summed E-state index contributed by atoms with van der Waals surface area (Å²) in [5.41, 5.74) is 0.946. The smallest absolute Gasteiger partial charge is 0.275 e. The van der Waals surface area contributed by atoms with Gasteiger partial charge in [-0.3, -0.25) is 4.79 Å². The molecule has 1 aromatic heterocycles. The molecule has 3 rings (SSSR count). The highest BCUT2D eigenvalue weighted by atomic mass is 35.5. The minimum absolute atomic E-state index is 0.266. The summed E-state index contributed by atoms with van der Waals surface area (Å²) in [7, 11) is 1.55. The Bertz CT molecular complexity index is 748. The van der Waals surface area contributed by atoms with Gasteiger partial charge in [-0.15, -0.1) is 0 Å². The third-order valence-electron chi connectivity index (χ3n) is 2.94. The lowest BCUT2D eigenvalue weighted by atomic mass is 10.1. The highest BCUT2D eigenvalue weighted by Gasteiger charge is 2.23. The van der Waals surface area contributed by atoms with Crippen LogP contribution < -0.4 is 10.1 Å². The molecule has 1 N–H and O–H groups in total. The van der Waals surface area contributed by atoms with Gasteiger partial charge in [0.1, 0.15) is 11.4 Å². The molecule has 0 saturated heterocycles. The molecule has 6 heteroatoms. The summed E-state index contributed by atoms with van der Waals surface area (Å²) in [6.45, 7) is 0. The molecule has 0 bridgehead atoms. The van der Waals surface area contributed by atoms with Crippen LogP contribution in [0, 0.1) is 0 Å². The van der Waals surface area contributed by atoms with Gasteiger partial charge in [0.05, 0.1) is 13.4 Å². The first-order chi connectivity index (χ1) is 10.2. The van der Waals surface area contributed by atoms with Crippen LogP contribution in [0.25, 0.3) is 6.08 Å². The summed E-state index contributed by atoms with van der Waals surface area (Å²) in [6, 6.07) is 8.61. The number of carbonyl (C=O) groups is 1. The molecule has 1 aliphatic rings. The van der Waals surface area contributed by atoms with Crippen LogP contribution in [-0.4, -0.2) is 18.9 Å². The first-order valence-corrected chi connectivity index (χ1v) is 6.54. The second-order valence-electron chi connectivity index (χ2n) is 4.31. The third kappa shape index (κ3) is 2.68. The molecule has 5 nitrogen and oxygen atoms in total. The number of hydrogen-bond donors (Lipinski definition) is 1. The summed E-state index contributed by atoms with van der Waals surface area (Å²) in [4.78, 5) is 16.2. The minimum atomic E-state index is -0.302. The van der Waals surface area contributed by atoms with Gasteiger partial charge in [0.25, 0.3) is 5.91 Å². The highest BCUT2D eigenvalue weighted by Crippen LogP contribution is 2.26. The SMILES string of the molecule is COc1ccc(Cl)cc1/C=C1/N=C(c2ccco2)NC1=O. The summed E-state index contributed by atoms with van der Waals surface area (Å²) >= 11 is 5.97. The minimum Gasteiger partial charge on any atom is -0.496 e. The summed E-state index contributed by atoms with van der Waals surface area (Å²) in [5, 5.41) is 3.21. The van der Waals surface area contributed by atoms with E-state index in [4.69, 9.17) is 20.8 Å². The maximum atomic E-state index is 12.0. The van der Waals surface area contributed by atoms with Gasteiger partial charge < -0.3 is 14.5 Å². The molecule has 1 aliphatic heterocycles. The fourth-order valence-corrected chi connectivity index (χ4v) is 2.14. The highest BCUT2D eigenvalue weighted by molar-refractivity contribution is 6.30. The number of halogens is 1. The normalized spacial score (nSPS) is 16.0. The summed E-state index contributed by atoms with van der Waals surface area (Å²) in [6.07, 6.45) is 3.14. The molecule has 2 heterocycles. The Hall–Kier alpha value is -2.53. The number of methoxy groups -OCH3 is 1. The number of aliphatic imine (C=N–C) groups is 1. The zero-order valence-electron chi connectivity index (χ0n) is 11.1. The van der Waals surface area contributed by atoms with Crippen molar-refractivity contribution in [3.05, 3.63) is 58.6 Å². The number of carbonyl (C=O) groups excluding carboxylic acids is 1. The van der Waals surface area contributed by atoms with Gasteiger partial charge in [-0.05, 0) is 36.4 Å². The second kappa shape index (κ2) is 5.46. The number of hydrogen-bond acceptors (Lipinski definition) is 4. The van der Waals surface area contributed by atoms with E-state index < -0.39 is 0 Å². The number of furan rings is 1. The quantitative estimate of drug-likeness (QED) is 0.887. The molecule has 1 aromatic carbocycles. The van der Waals surface area contributed by atoms with E-state index in [1.807, 2.05) is 0 Å². The molecule has 1 amide bonds. The fraction of sp³-hybridized carbons (Fsp3) is 0.0667. The predicted molar refractivity (Wildman–Crippen MR) is 79.4 cm³/mol. The van der Waals surface area contributed by atoms with Crippen LogP contribution in [0.5, 0.6) is 5.75 Å². The number of benzene rings is 1. The lowest BCUT2D eigenvalue weighted by molar-refractivity contribution is -0.115. The van der Waals surface area contributed by atoms with Crippen LogP contribution in [0.4, 0.5) is 0 Å². The molecule has 106 valence electrons. The van der Waals surface area contributed by atoms with Gasteiger partial charge in [-0.1, -0.05) is 11.6 Å². The molecular weight excluding hydrogens is 292 g/mol. The Kier molecular flexibility index (Phi) is 3.50. The van der Waals surface area contributed by atoms with Crippen molar-refractivity contribution in [1.82, 2.24) is 5.32 Å². The molecule has 0 saturated carbocycles. The van der Waals surface area contributed by atoms with E-state index in [0.29, 0.717) is 27.9 Å². The van der Waals surface area contributed by atoms with Crippen molar-refractivity contribution in [1.29, 1.82) is 0 Å². The van der Waals surface area contributed by atoms with Gasteiger partial charge in [-0.2, -0.15) is 0 Å². The van der Waals surface area contributed by atoms with Crippen LogP contribution in [0.2, 0.25) is 5.02 Å². The lowest BCUT2D eigenvalue weighted by Crippen LogP contribution is -2.24. The molecule has 0 fully saturated rings. The van der Waals surface area contributed by atoms with Crippen molar-refractivity contribution in [2.45, 2.75) is 0 Å². The molecule has 2 aromatic rings. The summed E-state index contributed by atoms with van der Waals surface area (Å²) in [5.74, 6) is 1.20. The Morgan fingerprint density at radius 2 is 2.24 bits per heavy atom. The van der Waals surface area contributed by atoms with Gasteiger partial charge >= 0.3 is 0 Å².